The molecule has 3 aromatic carbocycles. The van der Waals surface area contributed by atoms with Crippen molar-refractivity contribution in [2.24, 2.45) is 0 Å². The van der Waals surface area contributed by atoms with E-state index in [4.69, 9.17) is 14.2 Å². The minimum absolute atomic E-state index is 0.220. The molecular weight excluding hydrogens is 461 g/mol. The van der Waals surface area contributed by atoms with Gasteiger partial charge >= 0.3 is 12.1 Å². The number of halogens is 3. The Hall–Kier alpha value is -4.01. The molecule has 0 fully saturated rings. The molecule has 0 saturated heterocycles. The predicted molar refractivity (Wildman–Crippen MR) is 123 cm³/mol. The van der Waals surface area contributed by atoms with E-state index in [0.29, 0.717) is 28.3 Å². The molecule has 0 bridgehead atoms. The summed E-state index contributed by atoms with van der Waals surface area (Å²) in [5, 5.41) is 8.14. The Labute approximate surface area is 199 Å². The van der Waals surface area contributed by atoms with E-state index in [9.17, 15) is 18.0 Å². The van der Waals surface area contributed by atoms with Crippen molar-refractivity contribution in [2.75, 3.05) is 13.2 Å². The molecular formula is C26H23F3N2O4. The second-order valence-corrected chi connectivity index (χ2v) is 7.79. The number of hydrogen-bond acceptors (Lipinski definition) is 5. The summed E-state index contributed by atoms with van der Waals surface area (Å²) in [4.78, 5) is 11.6. The predicted octanol–water partition coefficient (Wildman–Crippen LogP) is 6.00. The highest BCUT2D eigenvalue weighted by molar-refractivity contribution is 5.82. The number of para-hydroxylation sites is 1. The lowest BCUT2D eigenvalue weighted by molar-refractivity contribution is -0.145. The summed E-state index contributed by atoms with van der Waals surface area (Å²) in [6, 6.07) is 17.3. The molecule has 1 N–H and O–H groups in total. The van der Waals surface area contributed by atoms with Crippen molar-refractivity contribution in [3.8, 4) is 11.5 Å². The van der Waals surface area contributed by atoms with E-state index in [0.717, 1.165) is 23.0 Å². The van der Waals surface area contributed by atoms with Gasteiger partial charge in [0, 0.05) is 5.39 Å². The molecule has 0 saturated carbocycles. The van der Waals surface area contributed by atoms with Crippen molar-refractivity contribution in [2.45, 2.75) is 26.1 Å². The quantitative estimate of drug-likeness (QED) is 0.311. The van der Waals surface area contributed by atoms with Crippen molar-refractivity contribution >= 4 is 16.9 Å². The summed E-state index contributed by atoms with van der Waals surface area (Å²) >= 11 is 0. The van der Waals surface area contributed by atoms with Crippen LogP contribution in [-0.2, 0) is 15.7 Å². The zero-order valence-electron chi connectivity index (χ0n) is 19.1. The van der Waals surface area contributed by atoms with E-state index in [1.54, 1.807) is 32.0 Å². The topological polar surface area (TPSA) is 73.4 Å². The average Bonchev–Trinajstić information content (AvgIpc) is 3.26. The Kier molecular flexibility index (Phi) is 6.95. The van der Waals surface area contributed by atoms with Crippen LogP contribution >= 0.6 is 0 Å². The van der Waals surface area contributed by atoms with E-state index in [1.807, 2.05) is 24.3 Å². The van der Waals surface area contributed by atoms with Crippen LogP contribution in [0, 0.1) is 6.92 Å². The first kappa shape index (κ1) is 24.1. The maximum Gasteiger partial charge on any atom is 0.416 e. The number of carbonyl (C=O) groups excluding carboxylic acids is 1. The first-order chi connectivity index (χ1) is 16.8. The third kappa shape index (κ3) is 5.56. The zero-order valence-corrected chi connectivity index (χ0v) is 19.1. The number of fused-ring (bicyclic) bond motifs is 1. The van der Waals surface area contributed by atoms with E-state index < -0.39 is 23.8 Å². The standard InChI is InChI=1S/C26H23F3N2O4/c1-3-33-23(32)15-34-22-13-12-19(14-16(22)2)35-25(17-8-10-18(11-9-17)26(27,28)29)24-20-6-4-5-7-21(20)30-31-24/h4-14,25H,3,15H2,1-2H3,(H,30,31). The summed E-state index contributed by atoms with van der Waals surface area (Å²) in [5.74, 6) is 0.477. The Bertz CT molecular complexity index is 1320. The van der Waals surface area contributed by atoms with Crippen molar-refractivity contribution < 1.29 is 32.2 Å². The smallest absolute Gasteiger partial charge is 0.416 e. The Morgan fingerprint density at radius 2 is 1.80 bits per heavy atom. The van der Waals surface area contributed by atoms with E-state index in [-0.39, 0.29) is 13.2 Å². The van der Waals surface area contributed by atoms with Gasteiger partial charge in [-0.25, -0.2) is 4.79 Å². The van der Waals surface area contributed by atoms with Gasteiger partial charge in [-0.2, -0.15) is 18.3 Å². The van der Waals surface area contributed by atoms with Crippen LogP contribution in [0.3, 0.4) is 0 Å². The zero-order chi connectivity index (χ0) is 25.0. The van der Waals surface area contributed by atoms with Crippen molar-refractivity contribution in [3.05, 3.63) is 89.1 Å². The van der Waals surface area contributed by atoms with Gasteiger partial charge in [0.2, 0.25) is 0 Å². The van der Waals surface area contributed by atoms with Crippen LogP contribution in [0.4, 0.5) is 13.2 Å². The minimum Gasteiger partial charge on any atom is -0.482 e. The lowest BCUT2D eigenvalue weighted by Crippen LogP contribution is -2.15. The van der Waals surface area contributed by atoms with Gasteiger partial charge in [0.05, 0.1) is 17.7 Å². The van der Waals surface area contributed by atoms with Crippen molar-refractivity contribution in [3.63, 3.8) is 0 Å². The molecule has 1 unspecified atom stereocenters. The van der Waals surface area contributed by atoms with Gasteiger partial charge in [0.1, 0.15) is 17.2 Å². The van der Waals surface area contributed by atoms with Crippen LogP contribution < -0.4 is 9.47 Å². The van der Waals surface area contributed by atoms with Crippen LogP contribution in [0.25, 0.3) is 10.9 Å². The molecule has 0 aliphatic heterocycles. The Balaban J connectivity index is 1.65. The Morgan fingerprint density at radius 3 is 2.49 bits per heavy atom. The largest absolute Gasteiger partial charge is 0.482 e. The molecule has 35 heavy (non-hydrogen) atoms. The number of hydrogen-bond donors (Lipinski definition) is 1. The van der Waals surface area contributed by atoms with Crippen LogP contribution in [-0.4, -0.2) is 29.4 Å². The molecule has 0 amide bonds. The fraction of sp³-hybridized carbons (Fsp3) is 0.231. The van der Waals surface area contributed by atoms with Crippen LogP contribution in [0.2, 0.25) is 0 Å². The van der Waals surface area contributed by atoms with Gasteiger partial charge in [-0.05, 0) is 61.4 Å². The van der Waals surface area contributed by atoms with Crippen molar-refractivity contribution in [1.82, 2.24) is 10.2 Å². The normalized spacial score (nSPS) is 12.4. The first-order valence-corrected chi connectivity index (χ1v) is 10.9. The molecule has 4 aromatic rings. The van der Waals surface area contributed by atoms with Crippen LogP contribution in [0.1, 0.15) is 35.4 Å². The van der Waals surface area contributed by atoms with Gasteiger partial charge in [-0.3, -0.25) is 5.10 Å². The number of aromatic amines is 1. The SMILES string of the molecule is CCOC(=O)COc1ccc(OC(c2ccc(C(F)(F)F)cc2)c2n[nH]c3ccccc23)cc1C. The van der Waals surface area contributed by atoms with Gasteiger partial charge in [-0.15, -0.1) is 0 Å². The van der Waals surface area contributed by atoms with E-state index in [2.05, 4.69) is 10.2 Å². The number of benzene rings is 3. The molecule has 4 rings (SSSR count). The third-order valence-corrected chi connectivity index (χ3v) is 5.34. The number of nitrogens with zero attached hydrogens (tertiary/aromatic N) is 1. The summed E-state index contributed by atoms with van der Waals surface area (Å²) < 4.78 is 55.9. The Morgan fingerprint density at radius 1 is 1.06 bits per heavy atom. The van der Waals surface area contributed by atoms with Gasteiger partial charge < -0.3 is 14.2 Å². The monoisotopic (exact) mass is 484 g/mol. The molecule has 1 atom stereocenters. The number of rotatable bonds is 8. The van der Waals surface area contributed by atoms with Crippen LogP contribution in [0.15, 0.2) is 66.7 Å². The molecule has 1 heterocycles. The average molecular weight is 484 g/mol. The molecule has 0 spiro atoms. The number of aryl methyl sites for hydroxylation is 1. The fourth-order valence-electron chi connectivity index (χ4n) is 3.65. The lowest BCUT2D eigenvalue weighted by atomic mass is 10.0. The third-order valence-electron chi connectivity index (χ3n) is 5.34. The summed E-state index contributed by atoms with van der Waals surface area (Å²) in [6.07, 6.45) is -5.22. The molecule has 1 aromatic heterocycles. The summed E-state index contributed by atoms with van der Waals surface area (Å²) in [5.41, 5.74) is 1.80. The summed E-state index contributed by atoms with van der Waals surface area (Å²) in [7, 11) is 0. The van der Waals surface area contributed by atoms with Gasteiger partial charge in [0.25, 0.3) is 0 Å². The maximum atomic E-state index is 13.1. The van der Waals surface area contributed by atoms with E-state index >= 15 is 0 Å². The van der Waals surface area contributed by atoms with Crippen molar-refractivity contribution in [1.29, 1.82) is 0 Å². The van der Waals surface area contributed by atoms with Gasteiger partial charge in [-0.1, -0.05) is 30.3 Å². The number of nitrogens with one attached hydrogen (secondary N) is 1. The van der Waals surface area contributed by atoms with Crippen LogP contribution in [0.5, 0.6) is 11.5 Å². The highest BCUT2D eigenvalue weighted by Crippen LogP contribution is 2.35. The van der Waals surface area contributed by atoms with E-state index in [1.165, 1.54) is 12.1 Å². The highest BCUT2D eigenvalue weighted by Gasteiger charge is 2.31. The number of H-pyrrole nitrogens is 1. The number of alkyl halides is 3. The molecule has 182 valence electrons. The number of ether oxygens (including phenoxy) is 3. The molecule has 0 aliphatic carbocycles. The fourth-order valence-corrected chi connectivity index (χ4v) is 3.65. The maximum absolute atomic E-state index is 13.1. The number of aromatic nitrogens is 2. The molecule has 6 nitrogen and oxygen atoms in total. The highest BCUT2D eigenvalue weighted by atomic mass is 19.4. The lowest BCUT2D eigenvalue weighted by Gasteiger charge is -2.20. The second kappa shape index (κ2) is 10.1. The molecule has 0 aliphatic rings. The first-order valence-electron chi connectivity index (χ1n) is 10.9. The molecule has 0 radical (unpaired) electrons. The molecule has 9 heteroatoms. The minimum atomic E-state index is -4.44. The number of carbonyl (C=O) groups is 1. The van der Waals surface area contributed by atoms with Gasteiger partial charge in [0.15, 0.2) is 12.7 Å². The second-order valence-electron chi connectivity index (χ2n) is 7.79. The number of esters is 1. The summed E-state index contributed by atoms with van der Waals surface area (Å²) in [6.45, 7) is 3.55.